The number of carbonyl (C=O) groups is 1. The molecule has 0 fully saturated rings. The zero-order valence-electron chi connectivity index (χ0n) is 10.7. The fourth-order valence-corrected chi connectivity index (χ4v) is 2.94. The molecule has 19 heavy (non-hydrogen) atoms. The fraction of sp³-hybridized carbons (Fsp3) is 0.357. The summed E-state index contributed by atoms with van der Waals surface area (Å²) in [5.41, 5.74) is 1.86. The molecule has 2 aromatic rings. The van der Waals surface area contributed by atoms with Crippen molar-refractivity contribution in [2.24, 2.45) is 0 Å². The Morgan fingerprint density at radius 2 is 2.21 bits per heavy atom. The lowest BCUT2D eigenvalue weighted by atomic mass is 9.90. The van der Waals surface area contributed by atoms with E-state index in [2.05, 4.69) is 10.2 Å². The summed E-state index contributed by atoms with van der Waals surface area (Å²) >= 11 is 1.53. The number of benzene rings is 1. The number of aromatic nitrogens is 2. The Labute approximate surface area is 115 Å². The molecule has 1 aromatic heterocycles. The zero-order valence-corrected chi connectivity index (χ0v) is 11.5. The molecular weight excluding hydrogens is 260 g/mol. The number of Topliss-reactive ketones (excluding diaryl/α,β-unsaturated/α-hetero) is 1. The highest BCUT2D eigenvalue weighted by molar-refractivity contribution is 7.11. The smallest absolute Gasteiger partial charge is 0.163 e. The topological polar surface area (TPSA) is 52.1 Å². The number of rotatable bonds is 3. The van der Waals surface area contributed by atoms with Crippen molar-refractivity contribution in [3.05, 3.63) is 39.3 Å². The summed E-state index contributed by atoms with van der Waals surface area (Å²) in [6.45, 7) is 2.33. The molecule has 0 spiro atoms. The normalized spacial score (nSPS) is 14.3. The molecule has 0 unspecified atom stereocenters. The van der Waals surface area contributed by atoms with Crippen molar-refractivity contribution in [2.75, 3.05) is 0 Å². The summed E-state index contributed by atoms with van der Waals surface area (Å²) in [4.78, 5) is 11.8. The van der Waals surface area contributed by atoms with E-state index >= 15 is 0 Å². The molecule has 0 radical (unpaired) electrons. The van der Waals surface area contributed by atoms with Crippen molar-refractivity contribution in [3.63, 3.8) is 0 Å². The van der Waals surface area contributed by atoms with Crippen LogP contribution in [0.15, 0.2) is 18.2 Å². The van der Waals surface area contributed by atoms with Gasteiger partial charge < -0.3 is 4.74 Å². The largest absolute Gasteiger partial charge is 0.486 e. The molecule has 1 aliphatic rings. The van der Waals surface area contributed by atoms with E-state index in [0.29, 0.717) is 13.0 Å². The molecule has 5 heteroatoms. The Balaban J connectivity index is 1.81. The number of ether oxygens (including phenoxy) is 1. The molecule has 4 nitrogen and oxygen atoms in total. The lowest BCUT2D eigenvalue weighted by Gasteiger charge is -2.18. The van der Waals surface area contributed by atoms with Gasteiger partial charge in [-0.2, -0.15) is 0 Å². The van der Waals surface area contributed by atoms with Gasteiger partial charge in [-0.1, -0.05) is 23.5 Å². The van der Waals surface area contributed by atoms with Gasteiger partial charge in [0.1, 0.15) is 17.4 Å². The monoisotopic (exact) mass is 274 g/mol. The number of hydrogen-bond acceptors (Lipinski definition) is 5. The Morgan fingerprint density at radius 1 is 1.32 bits per heavy atom. The molecule has 0 atom stereocenters. The van der Waals surface area contributed by atoms with Gasteiger partial charge in [-0.3, -0.25) is 4.79 Å². The Bertz CT molecular complexity index is 622. The lowest BCUT2D eigenvalue weighted by Crippen LogP contribution is -2.12. The molecule has 0 amide bonds. The summed E-state index contributed by atoms with van der Waals surface area (Å²) in [5.74, 6) is 1.02. The summed E-state index contributed by atoms with van der Waals surface area (Å²) in [7, 11) is 0. The van der Waals surface area contributed by atoms with Gasteiger partial charge >= 0.3 is 0 Å². The predicted octanol–water partition coefficient (Wildman–Crippen LogP) is 2.94. The first kappa shape index (κ1) is 12.3. The Kier molecular flexibility index (Phi) is 3.29. The molecule has 98 valence electrons. The van der Waals surface area contributed by atoms with Crippen molar-refractivity contribution in [1.29, 1.82) is 0 Å². The van der Waals surface area contributed by atoms with E-state index in [4.69, 9.17) is 4.74 Å². The maximum absolute atomic E-state index is 11.8. The Morgan fingerprint density at radius 3 is 3.00 bits per heavy atom. The van der Waals surface area contributed by atoms with Crippen LogP contribution in [-0.2, 0) is 13.0 Å². The van der Waals surface area contributed by atoms with Crippen molar-refractivity contribution >= 4 is 17.1 Å². The molecule has 0 saturated heterocycles. The molecule has 0 aliphatic heterocycles. The van der Waals surface area contributed by atoms with Crippen molar-refractivity contribution in [3.8, 4) is 5.75 Å². The summed E-state index contributed by atoms with van der Waals surface area (Å²) in [6.07, 6.45) is 2.46. The van der Waals surface area contributed by atoms with Crippen LogP contribution in [0.3, 0.4) is 0 Å². The first-order chi connectivity index (χ1) is 9.24. The molecule has 0 N–H and O–H groups in total. The van der Waals surface area contributed by atoms with E-state index in [1.165, 1.54) is 11.3 Å². The molecule has 0 saturated carbocycles. The van der Waals surface area contributed by atoms with E-state index < -0.39 is 0 Å². The van der Waals surface area contributed by atoms with Gasteiger partial charge in [0.25, 0.3) is 0 Å². The van der Waals surface area contributed by atoms with Crippen LogP contribution < -0.4 is 4.74 Å². The quantitative estimate of drug-likeness (QED) is 0.863. The number of ketones is 1. The molecule has 0 bridgehead atoms. The minimum absolute atomic E-state index is 0.221. The third-order valence-electron chi connectivity index (χ3n) is 3.18. The fourth-order valence-electron chi connectivity index (χ4n) is 2.32. The average Bonchev–Trinajstić information content (AvgIpc) is 2.83. The first-order valence-electron chi connectivity index (χ1n) is 6.31. The SMILES string of the molecule is Cc1nnc(COc2cccc3c2CCCC3=O)s1. The van der Waals surface area contributed by atoms with Crippen LogP contribution in [0.2, 0.25) is 0 Å². The highest BCUT2D eigenvalue weighted by Gasteiger charge is 2.20. The van der Waals surface area contributed by atoms with E-state index in [1.54, 1.807) is 0 Å². The third kappa shape index (κ3) is 2.51. The maximum Gasteiger partial charge on any atom is 0.163 e. The van der Waals surface area contributed by atoms with E-state index in [0.717, 1.165) is 39.7 Å². The number of carbonyl (C=O) groups excluding carboxylic acids is 1. The van der Waals surface area contributed by atoms with Crippen LogP contribution in [-0.4, -0.2) is 16.0 Å². The molecule has 3 rings (SSSR count). The number of aryl methyl sites for hydroxylation is 1. The van der Waals surface area contributed by atoms with Gasteiger partial charge in [0.2, 0.25) is 0 Å². The van der Waals surface area contributed by atoms with E-state index in [1.807, 2.05) is 25.1 Å². The molecule has 1 aromatic carbocycles. The van der Waals surface area contributed by atoms with Gasteiger partial charge in [0.05, 0.1) is 0 Å². The van der Waals surface area contributed by atoms with Crippen molar-refractivity contribution in [2.45, 2.75) is 32.8 Å². The average molecular weight is 274 g/mol. The number of fused-ring (bicyclic) bond motifs is 1. The van der Waals surface area contributed by atoms with Crippen LogP contribution in [0.5, 0.6) is 5.75 Å². The molecular formula is C14H14N2O2S. The predicted molar refractivity (Wildman–Crippen MR) is 72.7 cm³/mol. The van der Waals surface area contributed by atoms with Crippen molar-refractivity contribution in [1.82, 2.24) is 10.2 Å². The minimum Gasteiger partial charge on any atom is -0.486 e. The van der Waals surface area contributed by atoms with Crippen LogP contribution in [0, 0.1) is 6.92 Å². The van der Waals surface area contributed by atoms with Crippen LogP contribution in [0.1, 0.15) is 38.8 Å². The van der Waals surface area contributed by atoms with Crippen LogP contribution in [0.4, 0.5) is 0 Å². The second-order valence-electron chi connectivity index (χ2n) is 4.56. The van der Waals surface area contributed by atoms with Gasteiger partial charge in [-0.25, -0.2) is 0 Å². The van der Waals surface area contributed by atoms with Gasteiger partial charge in [0.15, 0.2) is 10.8 Å². The van der Waals surface area contributed by atoms with Gasteiger partial charge in [-0.05, 0) is 25.8 Å². The zero-order chi connectivity index (χ0) is 13.2. The maximum atomic E-state index is 11.8. The standard InChI is InChI=1S/C14H14N2O2S/c1-9-15-16-14(19-9)8-18-13-7-3-4-10-11(13)5-2-6-12(10)17/h3-4,7H,2,5-6,8H2,1H3. The molecule has 1 aliphatic carbocycles. The second-order valence-corrected chi connectivity index (χ2v) is 5.83. The summed E-state index contributed by atoms with van der Waals surface area (Å²) in [6, 6.07) is 5.69. The van der Waals surface area contributed by atoms with E-state index in [9.17, 15) is 4.79 Å². The molecule has 1 heterocycles. The highest BCUT2D eigenvalue weighted by atomic mass is 32.1. The van der Waals surface area contributed by atoms with Crippen LogP contribution in [0.25, 0.3) is 0 Å². The minimum atomic E-state index is 0.221. The lowest BCUT2D eigenvalue weighted by molar-refractivity contribution is 0.0971. The number of nitrogens with zero attached hydrogens (tertiary/aromatic N) is 2. The third-order valence-corrected chi connectivity index (χ3v) is 4.00. The van der Waals surface area contributed by atoms with Crippen LogP contribution >= 0.6 is 11.3 Å². The number of hydrogen-bond donors (Lipinski definition) is 0. The highest BCUT2D eigenvalue weighted by Crippen LogP contribution is 2.30. The Hall–Kier alpha value is -1.75. The van der Waals surface area contributed by atoms with Gasteiger partial charge in [-0.15, -0.1) is 10.2 Å². The second kappa shape index (κ2) is 5.09. The van der Waals surface area contributed by atoms with Gasteiger partial charge in [0, 0.05) is 17.5 Å². The van der Waals surface area contributed by atoms with Crippen molar-refractivity contribution < 1.29 is 9.53 Å². The summed E-state index contributed by atoms with van der Waals surface area (Å²) < 4.78 is 5.81. The van der Waals surface area contributed by atoms with E-state index in [-0.39, 0.29) is 5.78 Å². The first-order valence-corrected chi connectivity index (χ1v) is 7.12. The summed E-state index contributed by atoms with van der Waals surface area (Å²) in [5, 5.41) is 9.79.